The maximum absolute atomic E-state index is 13.5. The Balaban J connectivity index is 1.54. The molecule has 3 aromatic carbocycles. The van der Waals surface area contributed by atoms with E-state index in [0.29, 0.717) is 36.3 Å². The Morgan fingerprint density at radius 1 is 0.951 bits per heavy atom. The maximum atomic E-state index is 13.5. The van der Waals surface area contributed by atoms with Gasteiger partial charge in [0, 0.05) is 26.4 Å². The van der Waals surface area contributed by atoms with Crippen LogP contribution in [0.15, 0.2) is 76.6 Å². The fourth-order valence-corrected chi connectivity index (χ4v) is 6.96. The van der Waals surface area contributed by atoms with Gasteiger partial charge in [0.15, 0.2) is 4.34 Å². The van der Waals surface area contributed by atoms with Crippen LogP contribution in [0, 0.1) is 0 Å². The highest BCUT2D eigenvalue weighted by molar-refractivity contribution is 8.00. The zero-order chi connectivity index (χ0) is 29.5. The maximum Gasteiger partial charge on any atom is 0.301 e. The number of aromatic nitrogens is 2. The zero-order valence-electron chi connectivity index (χ0n) is 22.2. The minimum atomic E-state index is -0.906. The first kappa shape index (κ1) is 29.6. The van der Waals surface area contributed by atoms with E-state index >= 15 is 0 Å². The molecule has 6 nitrogen and oxygen atoms in total. The highest BCUT2D eigenvalue weighted by atomic mass is 35.5. The Hall–Kier alpha value is -2.88. The van der Waals surface area contributed by atoms with Crippen LogP contribution in [0.4, 0.5) is 5.13 Å². The molecule has 0 aliphatic carbocycles. The van der Waals surface area contributed by atoms with Crippen molar-refractivity contribution in [1.29, 1.82) is 0 Å². The number of rotatable bonds is 6. The molecule has 1 amide bonds. The van der Waals surface area contributed by atoms with Crippen molar-refractivity contribution in [1.82, 2.24) is 10.2 Å². The SMILES string of the molecule is CC(C)(C)c1ccc(C2/C(=C(/O)c3ccc(Cl)cc3)C(=O)C(=O)N2c2nnc(SCc3ccc(Cl)cc3Cl)s2)cc1. The molecule has 4 aromatic rings. The van der Waals surface area contributed by atoms with Crippen molar-refractivity contribution in [3.05, 3.63) is 110 Å². The third-order valence-corrected chi connectivity index (χ3v) is 9.57. The number of aliphatic hydroxyl groups is 1. The normalized spacial score (nSPS) is 16.9. The molecule has 1 aliphatic rings. The lowest BCUT2D eigenvalue weighted by atomic mass is 9.85. The number of nitrogens with zero attached hydrogens (tertiary/aromatic N) is 3. The molecular weight excluding hydrogens is 621 g/mol. The molecule has 1 atom stereocenters. The monoisotopic (exact) mass is 643 g/mol. The van der Waals surface area contributed by atoms with Gasteiger partial charge in [-0.2, -0.15) is 0 Å². The van der Waals surface area contributed by atoms with Crippen molar-refractivity contribution in [2.75, 3.05) is 4.90 Å². The second-order valence-corrected chi connectivity index (χ2v) is 13.9. The van der Waals surface area contributed by atoms with Gasteiger partial charge in [-0.15, -0.1) is 10.2 Å². The molecular formula is C30H24Cl3N3O3S2. The highest BCUT2D eigenvalue weighted by Gasteiger charge is 2.48. The molecule has 0 spiro atoms. The van der Waals surface area contributed by atoms with Gasteiger partial charge < -0.3 is 5.11 Å². The molecule has 0 saturated carbocycles. The van der Waals surface area contributed by atoms with E-state index in [1.54, 1.807) is 36.4 Å². The second-order valence-electron chi connectivity index (χ2n) is 10.4. The molecule has 1 saturated heterocycles. The zero-order valence-corrected chi connectivity index (χ0v) is 26.1. The number of carbonyl (C=O) groups is 2. The van der Waals surface area contributed by atoms with E-state index in [1.807, 2.05) is 30.3 Å². The third-order valence-electron chi connectivity index (χ3n) is 6.62. The van der Waals surface area contributed by atoms with Gasteiger partial charge in [-0.05, 0) is 58.5 Å². The van der Waals surface area contributed by atoms with Crippen molar-refractivity contribution < 1.29 is 14.7 Å². The van der Waals surface area contributed by atoms with Gasteiger partial charge in [-0.3, -0.25) is 14.5 Å². The number of carbonyl (C=O) groups excluding carboxylic acids is 2. The number of hydrogen-bond acceptors (Lipinski definition) is 7. The van der Waals surface area contributed by atoms with E-state index in [9.17, 15) is 14.7 Å². The first-order chi connectivity index (χ1) is 19.4. The van der Waals surface area contributed by atoms with Gasteiger partial charge in [-0.1, -0.05) is 109 Å². The van der Waals surface area contributed by atoms with Crippen LogP contribution >= 0.6 is 57.9 Å². The quantitative estimate of drug-likeness (QED) is 0.0743. The fraction of sp³-hybridized carbons (Fsp3) is 0.200. The first-order valence-electron chi connectivity index (χ1n) is 12.5. The van der Waals surface area contributed by atoms with Crippen LogP contribution in [-0.2, 0) is 20.8 Å². The number of thioether (sulfide) groups is 1. The predicted octanol–water partition coefficient (Wildman–Crippen LogP) is 8.71. The van der Waals surface area contributed by atoms with Crippen LogP contribution in [0.1, 0.15) is 49.1 Å². The number of amides is 1. The first-order valence-corrected chi connectivity index (χ1v) is 15.5. The molecule has 5 rings (SSSR count). The van der Waals surface area contributed by atoms with Gasteiger partial charge in [-0.25, -0.2) is 0 Å². The summed E-state index contributed by atoms with van der Waals surface area (Å²) in [5.41, 5.74) is 2.87. The third kappa shape index (κ3) is 6.17. The van der Waals surface area contributed by atoms with Gasteiger partial charge in [0.05, 0.1) is 11.6 Å². The van der Waals surface area contributed by atoms with Gasteiger partial charge in [0.2, 0.25) is 5.13 Å². The Kier molecular flexibility index (Phi) is 8.51. The van der Waals surface area contributed by atoms with Gasteiger partial charge >= 0.3 is 5.91 Å². The molecule has 0 radical (unpaired) electrons. The Bertz CT molecular complexity index is 1660. The van der Waals surface area contributed by atoms with Crippen LogP contribution in [-0.4, -0.2) is 27.0 Å². The Morgan fingerprint density at radius 2 is 1.61 bits per heavy atom. The number of ketones is 1. The minimum absolute atomic E-state index is 0.0295. The molecule has 0 bridgehead atoms. The van der Waals surface area contributed by atoms with Crippen molar-refractivity contribution in [2.45, 2.75) is 42.3 Å². The van der Waals surface area contributed by atoms with Crippen LogP contribution in [0.25, 0.3) is 5.76 Å². The van der Waals surface area contributed by atoms with Crippen LogP contribution in [0.5, 0.6) is 0 Å². The number of anilines is 1. The largest absolute Gasteiger partial charge is 0.507 e. The lowest BCUT2D eigenvalue weighted by molar-refractivity contribution is -0.132. The smallest absolute Gasteiger partial charge is 0.301 e. The summed E-state index contributed by atoms with van der Waals surface area (Å²) in [5, 5.41) is 21.7. The second kappa shape index (κ2) is 11.8. The topological polar surface area (TPSA) is 83.4 Å². The van der Waals surface area contributed by atoms with Crippen LogP contribution in [0.3, 0.4) is 0 Å². The summed E-state index contributed by atoms with van der Waals surface area (Å²) in [5.74, 6) is -1.37. The molecule has 2 heterocycles. The molecule has 1 aliphatic heterocycles. The molecule has 210 valence electrons. The Morgan fingerprint density at radius 3 is 2.24 bits per heavy atom. The molecule has 1 unspecified atom stereocenters. The van der Waals surface area contributed by atoms with E-state index in [1.165, 1.54) is 28.0 Å². The predicted molar refractivity (Wildman–Crippen MR) is 167 cm³/mol. The van der Waals surface area contributed by atoms with Crippen molar-refractivity contribution in [3.8, 4) is 0 Å². The number of halogens is 3. The summed E-state index contributed by atoms with van der Waals surface area (Å²) in [7, 11) is 0. The molecule has 11 heteroatoms. The summed E-state index contributed by atoms with van der Waals surface area (Å²) < 4.78 is 0.590. The Labute approximate surface area is 261 Å². The molecule has 1 aromatic heterocycles. The highest BCUT2D eigenvalue weighted by Crippen LogP contribution is 2.44. The lowest BCUT2D eigenvalue weighted by Crippen LogP contribution is -2.29. The van der Waals surface area contributed by atoms with Gasteiger partial charge in [0.1, 0.15) is 5.76 Å². The van der Waals surface area contributed by atoms with Crippen LogP contribution < -0.4 is 4.90 Å². The van der Waals surface area contributed by atoms with E-state index in [0.717, 1.165) is 11.1 Å². The summed E-state index contributed by atoms with van der Waals surface area (Å²) in [6, 6.07) is 18.5. The summed E-state index contributed by atoms with van der Waals surface area (Å²) in [6.07, 6.45) is 0. The fourth-order valence-electron chi connectivity index (χ4n) is 4.41. The molecule has 41 heavy (non-hydrogen) atoms. The average Bonchev–Trinajstić information content (AvgIpc) is 3.50. The number of aliphatic hydroxyl groups excluding tert-OH is 1. The molecule has 1 fully saturated rings. The van der Waals surface area contributed by atoms with E-state index in [-0.39, 0.29) is 21.9 Å². The van der Waals surface area contributed by atoms with Crippen molar-refractivity contribution in [2.24, 2.45) is 0 Å². The number of benzene rings is 3. The minimum Gasteiger partial charge on any atom is -0.507 e. The summed E-state index contributed by atoms with van der Waals surface area (Å²) >= 11 is 20.9. The number of Topliss-reactive ketones (excluding diaryl/α,β-unsaturated/α-hetero) is 1. The van der Waals surface area contributed by atoms with Crippen LogP contribution in [0.2, 0.25) is 15.1 Å². The lowest BCUT2D eigenvalue weighted by Gasteiger charge is -2.24. The van der Waals surface area contributed by atoms with Crippen molar-refractivity contribution in [3.63, 3.8) is 0 Å². The van der Waals surface area contributed by atoms with E-state index in [2.05, 4.69) is 31.0 Å². The average molecular weight is 645 g/mol. The van der Waals surface area contributed by atoms with E-state index in [4.69, 9.17) is 34.8 Å². The summed E-state index contributed by atoms with van der Waals surface area (Å²) in [4.78, 5) is 28.3. The summed E-state index contributed by atoms with van der Waals surface area (Å²) in [6.45, 7) is 6.31. The molecule has 1 N–H and O–H groups in total. The van der Waals surface area contributed by atoms with Gasteiger partial charge in [0.25, 0.3) is 5.78 Å². The van der Waals surface area contributed by atoms with E-state index < -0.39 is 17.7 Å². The number of hydrogen-bond donors (Lipinski definition) is 1. The van der Waals surface area contributed by atoms with Crippen molar-refractivity contribution >= 4 is 80.5 Å². The standard InChI is InChI=1S/C30H24Cl3N3O3S2/c1-30(2,3)19-9-4-16(5-10-19)24-23(25(37)17-6-11-20(31)12-7-17)26(38)27(39)36(24)28-34-35-29(41-28)40-15-18-8-13-21(32)14-22(18)33/h4-14,24,37H,15H2,1-3H3/b25-23-.